The standard InChI is InChI=1S/C26H28N2O4/c1-18-9-12-21(27-26(30)24-8-5-15-31-24)16-23(18)28-25(29)17-32-22-13-10-20(11-14-22)19-6-3-2-4-7-19/h5,8-16,19H,2-4,6-7,17H2,1H3,(H,27,30)(H,28,29). The van der Waals surface area contributed by atoms with Crippen molar-refractivity contribution in [1.29, 1.82) is 0 Å². The minimum atomic E-state index is -0.351. The van der Waals surface area contributed by atoms with E-state index in [1.54, 1.807) is 24.3 Å². The highest BCUT2D eigenvalue weighted by atomic mass is 16.5. The molecule has 2 N–H and O–H groups in total. The molecule has 6 nitrogen and oxygen atoms in total. The SMILES string of the molecule is Cc1ccc(NC(=O)c2ccco2)cc1NC(=O)COc1ccc(C2CCCCC2)cc1. The lowest BCUT2D eigenvalue weighted by Gasteiger charge is -2.22. The molecule has 1 saturated carbocycles. The van der Waals surface area contributed by atoms with Crippen molar-refractivity contribution in [2.24, 2.45) is 0 Å². The van der Waals surface area contributed by atoms with Crippen LogP contribution in [0.25, 0.3) is 0 Å². The zero-order chi connectivity index (χ0) is 22.3. The molecule has 6 heteroatoms. The molecule has 0 radical (unpaired) electrons. The first kappa shape index (κ1) is 21.7. The molecule has 2 amide bonds. The number of hydrogen-bond donors (Lipinski definition) is 2. The van der Waals surface area contributed by atoms with E-state index in [1.807, 2.05) is 25.1 Å². The van der Waals surface area contributed by atoms with Gasteiger partial charge in [0.05, 0.1) is 6.26 Å². The predicted octanol–water partition coefficient (Wildman–Crippen LogP) is 5.91. The molecule has 2 aromatic carbocycles. The number of anilines is 2. The Labute approximate surface area is 188 Å². The Morgan fingerprint density at radius 2 is 1.78 bits per heavy atom. The minimum absolute atomic E-state index is 0.0921. The molecule has 1 aliphatic rings. The van der Waals surface area contributed by atoms with Crippen LogP contribution in [0.2, 0.25) is 0 Å². The second-order valence-corrected chi connectivity index (χ2v) is 8.20. The van der Waals surface area contributed by atoms with Crippen LogP contribution in [-0.4, -0.2) is 18.4 Å². The van der Waals surface area contributed by atoms with Gasteiger partial charge in [0.25, 0.3) is 11.8 Å². The number of amides is 2. The Kier molecular flexibility index (Phi) is 6.90. The van der Waals surface area contributed by atoms with Crippen molar-refractivity contribution in [2.75, 3.05) is 17.2 Å². The molecule has 166 valence electrons. The topological polar surface area (TPSA) is 80.6 Å². The van der Waals surface area contributed by atoms with E-state index in [9.17, 15) is 9.59 Å². The summed E-state index contributed by atoms with van der Waals surface area (Å²) in [6.07, 6.45) is 7.89. The maximum atomic E-state index is 12.4. The van der Waals surface area contributed by atoms with Gasteiger partial charge in [-0.15, -0.1) is 0 Å². The van der Waals surface area contributed by atoms with Gasteiger partial charge in [-0.2, -0.15) is 0 Å². The highest BCUT2D eigenvalue weighted by molar-refractivity contribution is 6.03. The second-order valence-electron chi connectivity index (χ2n) is 8.20. The molecule has 1 heterocycles. The fraction of sp³-hybridized carbons (Fsp3) is 0.308. The van der Waals surface area contributed by atoms with Gasteiger partial charge in [-0.1, -0.05) is 37.5 Å². The number of benzene rings is 2. The summed E-state index contributed by atoms with van der Waals surface area (Å²) in [6, 6.07) is 16.7. The summed E-state index contributed by atoms with van der Waals surface area (Å²) in [5.74, 6) is 0.926. The third-order valence-corrected chi connectivity index (χ3v) is 5.84. The first-order chi connectivity index (χ1) is 15.6. The van der Waals surface area contributed by atoms with Crippen molar-refractivity contribution in [1.82, 2.24) is 0 Å². The lowest BCUT2D eigenvalue weighted by molar-refractivity contribution is -0.118. The summed E-state index contributed by atoms with van der Waals surface area (Å²) < 4.78 is 10.8. The molecule has 3 aromatic rings. The van der Waals surface area contributed by atoms with Crippen LogP contribution in [0, 0.1) is 6.92 Å². The number of ether oxygens (including phenoxy) is 1. The lowest BCUT2D eigenvalue weighted by Crippen LogP contribution is -2.21. The molecule has 0 spiro atoms. The van der Waals surface area contributed by atoms with E-state index < -0.39 is 0 Å². The monoisotopic (exact) mass is 432 g/mol. The van der Waals surface area contributed by atoms with E-state index in [-0.39, 0.29) is 24.2 Å². The molecule has 0 aliphatic heterocycles. The van der Waals surface area contributed by atoms with E-state index in [0.29, 0.717) is 23.0 Å². The van der Waals surface area contributed by atoms with E-state index in [0.717, 1.165) is 5.56 Å². The van der Waals surface area contributed by atoms with Gasteiger partial charge >= 0.3 is 0 Å². The van der Waals surface area contributed by atoms with Crippen molar-refractivity contribution >= 4 is 23.2 Å². The van der Waals surface area contributed by atoms with Crippen LogP contribution in [0.5, 0.6) is 5.75 Å². The quantitative estimate of drug-likeness (QED) is 0.487. The number of carbonyl (C=O) groups is 2. The van der Waals surface area contributed by atoms with Gasteiger partial charge in [0.2, 0.25) is 0 Å². The fourth-order valence-corrected chi connectivity index (χ4v) is 4.04. The van der Waals surface area contributed by atoms with Gasteiger partial charge in [-0.3, -0.25) is 9.59 Å². The Hall–Kier alpha value is -3.54. The Morgan fingerprint density at radius 3 is 2.50 bits per heavy atom. The van der Waals surface area contributed by atoms with Crippen LogP contribution in [0.3, 0.4) is 0 Å². The number of carbonyl (C=O) groups excluding carboxylic acids is 2. The summed E-state index contributed by atoms with van der Waals surface area (Å²) in [4.78, 5) is 24.6. The first-order valence-electron chi connectivity index (χ1n) is 11.1. The van der Waals surface area contributed by atoms with Crippen molar-refractivity contribution < 1.29 is 18.7 Å². The van der Waals surface area contributed by atoms with E-state index in [1.165, 1.54) is 43.9 Å². The van der Waals surface area contributed by atoms with Gasteiger partial charge < -0.3 is 19.8 Å². The summed E-state index contributed by atoms with van der Waals surface area (Å²) in [6.45, 7) is 1.80. The summed E-state index contributed by atoms with van der Waals surface area (Å²) >= 11 is 0. The normalized spacial score (nSPS) is 14.0. The van der Waals surface area contributed by atoms with Crippen LogP contribution >= 0.6 is 0 Å². The first-order valence-corrected chi connectivity index (χ1v) is 11.1. The molecule has 0 saturated heterocycles. The molecular weight excluding hydrogens is 404 g/mol. The zero-order valence-electron chi connectivity index (χ0n) is 18.2. The number of furan rings is 1. The van der Waals surface area contributed by atoms with Crippen LogP contribution < -0.4 is 15.4 Å². The van der Waals surface area contributed by atoms with Crippen molar-refractivity contribution in [3.05, 3.63) is 77.7 Å². The Bertz CT molecular complexity index is 1050. The van der Waals surface area contributed by atoms with Crippen LogP contribution in [0.15, 0.2) is 65.3 Å². The maximum Gasteiger partial charge on any atom is 0.291 e. The smallest absolute Gasteiger partial charge is 0.291 e. The Morgan fingerprint density at radius 1 is 1.00 bits per heavy atom. The molecule has 4 rings (SSSR count). The zero-order valence-corrected chi connectivity index (χ0v) is 18.2. The molecule has 1 fully saturated rings. The van der Waals surface area contributed by atoms with Gasteiger partial charge in [0.1, 0.15) is 5.75 Å². The van der Waals surface area contributed by atoms with E-state index >= 15 is 0 Å². The average molecular weight is 433 g/mol. The van der Waals surface area contributed by atoms with Crippen molar-refractivity contribution in [3.8, 4) is 5.75 Å². The fourth-order valence-electron chi connectivity index (χ4n) is 4.04. The average Bonchev–Trinajstić information content (AvgIpc) is 3.36. The predicted molar refractivity (Wildman–Crippen MR) is 124 cm³/mol. The lowest BCUT2D eigenvalue weighted by atomic mass is 9.84. The van der Waals surface area contributed by atoms with Gasteiger partial charge in [0, 0.05) is 11.4 Å². The third kappa shape index (κ3) is 5.58. The largest absolute Gasteiger partial charge is 0.484 e. The molecule has 1 aliphatic carbocycles. The Balaban J connectivity index is 1.31. The van der Waals surface area contributed by atoms with E-state index in [4.69, 9.17) is 9.15 Å². The van der Waals surface area contributed by atoms with Crippen LogP contribution in [-0.2, 0) is 4.79 Å². The molecular formula is C26H28N2O4. The molecule has 0 atom stereocenters. The number of aryl methyl sites for hydroxylation is 1. The van der Waals surface area contributed by atoms with Crippen LogP contribution in [0.4, 0.5) is 11.4 Å². The highest BCUT2D eigenvalue weighted by Gasteiger charge is 2.15. The summed E-state index contributed by atoms with van der Waals surface area (Å²) in [5, 5.41) is 5.61. The summed E-state index contributed by atoms with van der Waals surface area (Å²) in [5.41, 5.74) is 3.41. The van der Waals surface area contributed by atoms with Gasteiger partial charge in [-0.25, -0.2) is 0 Å². The van der Waals surface area contributed by atoms with Crippen molar-refractivity contribution in [3.63, 3.8) is 0 Å². The third-order valence-electron chi connectivity index (χ3n) is 5.84. The minimum Gasteiger partial charge on any atom is -0.484 e. The second kappa shape index (κ2) is 10.2. The van der Waals surface area contributed by atoms with Gasteiger partial charge in [0.15, 0.2) is 12.4 Å². The molecule has 0 unspecified atom stereocenters. The molecule has 1 aromatic heterocycles. The van der Waals surface area contributed by atoms with Crippen LogP contribution in [0.1, 0.15) is 59.7 Å². The number of rotatable bonds is 7. The number of nitrogens with one attached hydrogen (secondary N) is 2. The van der Waals surface area contributed by atoms with Gasteiger partial charge in [-0.05, 0) is 73.2 Å². The van der Waals surface area contributed by atoms with E-state index in [2.05, 4.69) is 22.8 Å². The number of hydrogen-bond acceptors (Lipinski definition) is 4. The summed E-state index contributed by atoms with van der Waals surface area (Å²) in [7, 11) is 0. The molecule has 0 bridgehead atoms. The highest BCUT2D eigenvalue weighted by Crippen LogP contribution is 2.33. The molecule has 32 heavy (non-hydrogen) atoms. The maximum absolute atomic E-state index is 12.4. The van der Waals surface area contributed by atoms with Crippen molar-refractivity contribution in [2.45, 2.75) is 44.9 Å².